The second kappa shape index (κ2) is 7.82. The maximum Gasteiger partial charge on any atom is 0.387 e. The Bertz CT molecular complexity index is 520. The van der Waals surface area contributed by atoms with Gasteiger partial charge < -0.3 is 20.5 Å². The number of hydrogen-bond acceptors (Lipinski definition) is 3. The Kier molecular flexibility index (Phi) is 5.80. The van der Waals surface area contributed by atoms with E-state index in [1.54, 1.807) is 12.1 Å². The molecule has 3 N–H and O–H groups in total. The lowest BCUT2D eigenvalue weighted by atomic mass is 9.85. The molecule has 0 atom stereocenters. The van der Waals surface area contributed by atoms with Crippen molar-refractivity contribution in [3.8, 4) is 11.5 Å². The van der Waals surface area contributed by atoms with Crippen molar-refractivity contribution in [2.75, 3.05) is 13.7 Å². The van der Waals surface area contributed by atoms with Crippen molar-refractivity contribution in [1.82, 2.24) is 5.32 Å². The first-order valence-corrected chi connectivity index (χ1v) is 7.24. The van der Waals surface area contributed by atoms with Crippen molar-refractivity contribution < 1.29 is 18.3 Å². The number of benzene rings is 1. The summed E-state index contributed by atoms with van der Waals surface area (Å²) in [5, 5.41) is 3.05. The third-order valence-corrected chi connectivity index (χ3v) is 3.71. The molecule has 122 valence electrons. The van der Waals surface area contributed by atoms with Crippen LogP contribution in [0.2, 0.25) is 0 Å². The molecule has 0 saturated heterocycles. The van der Waals surface area contributed by atoms with Crippen molar-refractivity contribution in [3.05, 3.63) is 23.8 Å². The van der Waals surface area contributed by atoms with Crippen LogP contribution in [0.5, 0.6) is 11.5 Å². The van der Waals surface area contributed by atoms with Gasteiger partial charge in [-0.25, -0.2) is 4.99 Å². The summed E-state index contributed by atoms with van der Waals surface area (Å²) < 4.78 is 34.4. The van der Waals surface area contributed by atoms with E-state index < -0.39 is 6.61 Å². The Morgan fingerprint density at radius 1 is 1.45 bits per heavy atom. The van der Waals surface area contributed by atoms with Crippen LogP contribution in [0.1, 0.15) is 24.8 Å². The molecule has 0 heterocycles. The first-order valence-electron chi connectivity index (χ1n) is 7.24. The van der Waals surface area contributed by atoms with Gasteiger partial charge in [0, 0.05) is 18.2 Å². The average Bonchev–Trinajstić information content (AvgIpc) is 2.43. The van der Waals surface area contributed by atoms with Crippen molar-refractivity contribution in [2.45, 2.75) is 32.4 Å². The number of aliphatic imine (C=N–C) groups is 1. The van der Waals surface area contributed by atoms with E-state index in [0.717, 1.165) is 6.54 Å². The Morgan fingerprint density at radius 3 is 2.82 bits per heavy atom. The third-order valence-electron chi connectivity index (χ3n) is 3.71. The van der Waals surface area contributed by atoms with Crippen LogP contribution in [0, 0.1) is 5.92 Å². The Balaban J connectivity index is 1.97. The van der Waals surface area contributed by atoms with E-state index in [1.807, 2.05) is 0 Å². The Hall–Kier alpha value is -2.05. The summed E-state index contributed by atoms with van der Waals surface area (Å²) in [6, 6.07) is 4.72. The molecule has 0 aliphatic heterocycles. The van der Waals surface area contributed by atoms with Crippen LogP contribution in [0.15, 0.2) is 23.2 Å². The molecule has 5 nitrogen and oxygen atoms in total. The lowest BCUT2D eigenvalue weighted by Crippen LogP contribution is -2.37. The molecular formula is C15H21F2N3O2. The molecule has 1 aliphatic carbocycles. The van der Waals surface area contributed by atoms with Crippen LogP contribution in [-0.2, 0) is 6.54 Å². The molecule has 1 aromatic rings. The molecule has 0 aromatic heterocycles. The zero-order valence-corrected chi connectivity index (χ0v) is 12.5. The molecule has 0 bridgehead atoms. The van der Waals surface area contributed by atoms with Gasteiger partial charge in [-0.1, -0.05) is 6.42 Å². The van der Waals surface area contributed by atoms with Crippen LogP contribution in [-0.4, -0.2) is 26.2 Å². The Labute approximate surface area is 128 Å². The van der Waals surface area contributed by atoms with Crippen LogP contribution in [0.25, 0.3) is 0 Å². The quantitative estimate of drug-likeness (QED) is 0.599. The number of nitrogens with two attached hydrogens (primary N) is 1. The highest BCUT2D eigenvalue weighted by Gasteiger charge is 2.17. The minimum absolute atomic E-state index is 0.0462. The van der Waals surface area contributed by atoms with Gasteiger partial charge in [0.25, 0.3) is 0 Å². The molecule has 0 amide bonds. The lowest BCUT2D eigenvalue weighted by molar-refractivity contribution is -0.0505. The van der Waals surface area contributed by atoms with Gasteiger partial charge in [0.05, 0.1) is 13.7 Å². The van der Waals surface area contributed by atoms with E-state index in [9.17, 15) is 8.78 Å². The molecular weight excluding hydrogens is 292 g/mol. The molecule has 0 unspecified atom stereocenters. The highest BCUT2D eigenvalue weighted by atomic mass is 19.3. The smallest absolute Gasteiger partial charge is 0.387 e. The van der Waals surface area contributed by atoms with Crippen LogP contribution in [0.4, 0.5) is 8.78 Å². The number of guanidine groups is 1. The second-order valence-electron chi connectivity index (χ2n) is 5.23. The van der Waals surface area contributed by atoms with E-state index in [4.69, 9.17) is 10.5 Å². The summed E-state index contributed by atoms with van der Waals surface area (Å²) in [5.74, 6) is 1.46. The topological polar surface area (TPSA) is 68.9 Å². The number of alkyl halides is 2. The predicted molar refractivity (Wildman–Crippen MR) is 80.3 cm³/mol. The highest BCUT2D eigenvalue weighted by Crippen LogP contribution is 2.27. The molecule has 1 saturated carbocycles. The van der Waals surface area contributed by atoms with Gasteiger partial charge >= 0.3 is 6.61 Å². The number of halogens is 2. The number of ether oxygens (including phenoxy) is 2. The fourth-order valence-corrected chi connectivity index (χ4v) is 2.17. The monoisotopic (exact) mass is 313 g/mol. The molecule has 7 heteroatoms. The first kappa shape index (κ1) is 16.3. The average molecular weight is 313 g/mol. The van der Waals surface area contributed by atoms with Gasteiger partial charge in [-0.3, -0.25) is 0 Å². The molecule has 0 radical (unpaired) electrons. The molecule has 1 fully saturated rings. The van der Waals surface area contributed by atoms with E-state index in [-0.39, 0.29) is 12.3 Å². The van der Waals surface area contributed by atoms with Crippen molar-refractivity contribution >= 4 is 5.96 Å². The third kappa shape index (κ3) is 4.75. The summed E-state index contributed by atoms with van der Waals surface area (Å²) in [7, 11) is 1.46. The highest BCUT2D eigenvalue weighted by molar-refractivity contribution is 5.77. The van der Waals surface area contributed by atoms with Gasteiger partial charge in [0.2, 0.25) is 0 Å². The van der Waals surface area contributed by atoms with Crippen molar-refractivity contribution in [1.29, 1.82) is 0 Å². The summed E-state index contributed by atoms with van der Waals surface area (Å²) in [6.07, 6.45) is 3.69. The largest absolute Gasteiger partial charge is 0.497 e. The van der Waals surface area contributed by atoms with E-state index in [1.165, 1.54) is 32.4 Å². The molecule has 2 rings (SSSR count). The SMILES string of the molecule is COc1ccc(CN=C(N)NCC2CCC2)c(OC(F)F)c1. The molecule has 1 aliphatic rings. The van der Waals surface area contributed by atoms with Gasteiger partial charge in [0.15, 0.2) is 5.96 Å². The zero-order chi connectivity index (χ0) is 15.9. The second-order valence-corrected chi connectivity index (χ2v) is 5.23. The number of methoxy groups -OCH3 is 1. The van der Waals surface area contributed by atoms with Crippen LogP contribution >= 0.6 is 0 Å². The van der Waals surface area contributed by atoms with E-state index >= 15 is 0 Å². The van der Waals surface area contributed by atoms with E-state index in [0.29, 0.717) is 23.2 Å². The maximum absolute atomic E-state index is 12.5. The van der Waals surface area contributed by atoms with Crippen LogP contribution in [0.3, 0.4) is 0 Å². The van der Waals surface area contributed by atoms with Gasteiger partial charge in [-0.05, 0) is 30.9 Å². The summed E-state index contributed by atoms with van der Waals surface area (Å²) in [6.45, 7) is -1.93. The fourth-order valence-electron chi connectivity index (χ4n) is 2.17. The lowest BCUT2D eigenvalue weighted by Gasteiger charge is -2.25. The molecule has 0 spiro atoms. The number of hydrogen-bond donors (Lipinski definition) is 2. The number of rotatable bonds is 7. The minimum atomic E-state index is -2.90. The normalized spacial score (nSPS) is 15.5. The zero-order valence-electron chi connectivity index (χ0n) is 12.5. The minimum Gasteiger partial charge on any atom is -0.497 e. The van der Waals surface area contributed by atoms with Gasteiger partial charge in [0.1, 0.15) is 11.5 Å². The standard InChI is InChI=1S/C15H21F2N3O2/c1-21-12-6-5-11(13(7-12)22-14(16)17)9-20-15(18)19-8-10-3-2-4-10/h5-7,10,14H,2-4,8-9H2,1H3,(H3,18,19,20). The number of nitrogens with one attached hydrogen (secondary N) is 1. The molecule has 1 aromatic carbocycles. The van der Waals surface area contributed by atoms with Crippen molar-refractivity contribution in [3.63, 3.8) is 0 Å². The molecule has 22 heavy (non-hydrogen) atoms. The van der Waals surface area contributed by atoms with E-state index in [2.05, 4.69) is 15.0 Å². The van der Waals surface area contributed by atoms with Gasteiger partial charge in [-0.15, -0.1) is 0 Å². The van der Waals surface area contributed by atoms with Gasteiger partial charge in [-0.2, -0.15) is 8.78 Å². The first-order chi connectivity index (χ1) is 10.6. The number of nitrogens with zero attached hydrogens (tertiary/aromatic N) is 1. The predicted octanol–water partition coefficient (Wildman–Crippen LogP) is 2.50. The van der Waals surface area contributed by atoms with Crippen molar-refractivity contribution in [2.24, 2.45) is 16.6 Å². The van der Waals surface area contributed by atoms with Crippen LogP contribution < -0.4 is 20.5 Å². The Morgan fingerprint density at radius 2 is 2.23 bits per heavy atom. The fraction of sp³-hybridized carbons (Fsp3) is 0.533. The maximum atomic E-state index is 12.5. The summed E-state index contributed by atoms with van der Waals surface area (Å²) in [5.41, 5.74) is 6.30. The summed E-state index contributed by atoms with van der Waals surface area (Å²) >= 11 is 0. The summed E-state index contributed by atoms with van der Waals surface area (Å²) in [4.78, 5) is 4.17.